The number of aromatic nitrogens is 4. The second kappa shape index (κ2) is 5.69. The van der Waals surface area contributed by atoms with Crippen LogP contribution >= 0.6 is 0 Å². The van der Waals surface area contributed by atoms with Crippen LogP contribution in [0, 0.1) is 13.8 Å². The molecule has 0 aliphatic rings. The molecule has 0 saturated heterocycles. The lowest BCUT2D eigenvalue weighted by molar-refractivity contribution is 0.387. The molecule has 0 atom stereocenters. The Morgan fingerprint density at radius 3 is 2.65 bits per heavy atom. The number of H-pyrrole nitrogens is 1. The van der Waals surface area contributed by atoms with Crippen LogP contribution in [0.15, 0.2) is 9.42 Å². The highest BCUT2D eigenvalue weighted by atomic mass is 32.2. The fourth-order valence-electron chi connectivity index (χ4n) is 1.76. The van der Waals surface area contributed by atoms with Gasteiger partial charge < -0.3 is 9.84 Å². The number of aromatic amines is 1. The normalized spacial score (nSPS) is 11.9. The van der Waals surface area contributed by atoms with Crippen molar-refractivity contribution in [1.82, 2.24) is 30.4 Å². The number of rotatable bonds is 6. The van der Waals surface area contributed by atoms with Gasteiger partial charge >= 0.3 is 0 Å². The van der Waals surface area contributed by atoms with Crippen molar-refractivity contribution < 1.29 is 12.9 Å². The number of aryl methyl sites for hydroxylation is 2. The van der Waals surface area contributed by atoms with E-state index in [1.807, 2.05) is 0 Å². The second-order valence-electron chi connectivity index (χ2n) is 4.21. The van der Waals surface area contributed by atoms with Crippen LogP contribution in [0.4, 0.5) is 0 Å². The molecule has 3 N–H and O–H groups in total. The fourth-order valence-corrected chi connectivity index (χ4v) is 3.10. The van der Waals surface area contributed by atoms with Crippen LogP contribution in [0.3, 0.4) is 0 Å². The highest BCUT2D eigenvalue weighted by molar-refractivity contribution is 7.89. The molecule has 2 aromatic rings. The highest BCUT2D eigenvalue weighted by Gasteiger charge is 2.24. The van der Waals surface area contributed by atoms with Crippen LogP contribution < -0.4 is 10.0 Å². The molecule has 0 aliphatic heterocycles. The van der Waals surface area contributed by atoms with Crippen LogP contribution in [0.2, 0.25) is 0 Å². The summed E-state index contributed by atoms with van der Waals surface area (Å²) in [6, 6.07) is 0. The summed E-state index contributed by atoms with van der Waals surface area (Å²) < 4.78 is 31.8. The lowest BCUT2D eigenvalue weighted by Gasteiger charge is -2.06. The maximum Gasteiger partial charge on any atom is 0.244 e. The third-order valence-electron chi connectivity index (χ3n) is 2.56. The Morgan fingerprint density at radius 2 is 2.05 bits per heavy atom. The van der Waals surface area contributed by atoms with Crippen LogP contribution in [-0.4, -0.2) is 35.8 Å². The van der Waals surface area contributed by atoms with Crippen molar-refractivity contribution in [2.75, 3.05) is 7.05 Å². The number of sulfonamides is 1. The first kappa shape index (κ1) is 14.6. The zero-order valence-electron chi connectivity index (χ0n) is 11.4. The number of nitrogens with zero attached hydrogens (tertiary/aromatic N) is 3. The average Bonchev–Trinajstić information content (AvgIpc) is 2.95. The van der Waals surface area contributed by atoms with Gasteiger partial charge in [0, 0.05) is 13.5 Å². The summed E-state index contributed by atoms with van der Waals surface area (Å²) in [6.07, 6.45) is 0. The van der Waals surface area contributed by atoms with E-state index in [1.165, 1.54) is 0 Å². The maximum atomic E-state index is 12.3. The number of hydrogen-bond donors (Lipinski definition) is 3. The predicted octanol–water partition coefficient (Wildman–Crippen LogP) is -0.393. The molecule has 0 bridgehead atoms. The van der Waals surface area contributed by atoms with Crippen molar-refractivity contribution in [1.29, 1.82) is 0 Å². The van der Waals surface area contributed by atoms with Gasteiger partial charge in [-0.15, -0.1) is 0 Å². The molecule has 0 unspecified atom stereocenters. The van der Waals surface area contributed by atoms with Gasteiger partial charge in [-0.3, -0.25) is 5.10 Å². The molecule has 110 valence electrons. The SMILES string of the molecule is CNCc1n[nH]c(C)c1S(=O)(=O)NCc1noc(C)n1. The van der Waals surface area contributed by atoms with E-state index in [1.54, 1.807) is 20.9 Å². The van der Waals surface area contributed by atoms with Gasteiger partial charge in [-0.25, -0.2) is 13.1 Å². The van der Waals surface area contributed by atoms with E-state index in [-0.39, 0.29) is 17.3 Å². The first-order chi connectivity index (χ1) is 9.44. The minimum Gasteiger partial charge on any atom is -0.340 e. The maximum absolute atomic E-state index is 12.3. The Labute approximate surface area is 116 Å². The molecule has 2 rings (SSSR count). The molecular formula is C10H16N6O3S. The molecule has 0 saturated carbocycles. The zero-order chi connectivity index (χ0) is 14.8. The van der Waals surface area contributed by atoms with Crippen LogP contribution in [0.25, 0.3) is 0 Å². The molecule has 9 nitrogen and oxygen atoms in total. The molecule has 2 heterocycles. The van der Waals surface area contributed by atoms with Crippen molar-refractivity contribution in [2.45, 2.75) is 31.8 Å². The van der Waals surface area contributed by atoms with Crippen molar-refractivity contribution >= 4 is 10.0 Å². The van der Waals surface area contributed by atoms with Crippen LogP contribution in [0.5, 0.6) is 0 Å². The smallest absolute Gasteiger partial charge is 0.244 e. The Hall–Kier alpha value is -1.78. The van der Waals surface area contributed by atoms with E-state index in [4.69, 9.17) is 4.52 Å². The molecule has 0 aliphatic carbocycles. The molecule has 0 aromatic carbocycles. The number of nitrogens with one attached hydrogen (secondary N) is 3. The summed E-state index contributed by atoms with van der Waals surface area (Å²) in [4.78, 5) is 4.08. The van der Waals surface area contributed by atoms with Gasteiger partial charge in [-0.2, -0.15) is 10.1 Å². The van der Waals surface area contributed by atoms with Gasteiger partial charge in [-0.1, -0.05) is 5.16 Å². The molecule has 20 heavy (non-hydrogen) atoms. The Bertz CT molecular complexity index is 690. The second-order valence-corrected chi connectivity index (χ2v) is 5.91. The van der Waals surface area contributed by atoms with E-state index in [0.717, 1.165) is 0 Å². The first-order valence-corrected chi connectivity index (χ1v) is 7.39. The lowest BCUT2D eigenvalue weighted by atomic mass is 10.4. The zero-order valence-corrected chi connectivity index (χ0v) is 12.2. The minimum absolute atomic E-state index is 0.0384. The van der Waals surface area contributed by atoms with Crippen LogP contribution in [0.1, 0.15) is 23.1 Å². The predicted molar refractivity (Wildman–Crippen MR) is 69.1 cm³/mol. The summed E-state index contributed by atoms with van der Waals surface area (Å²) in [7, 11) is -1.98. The molecule has 2 aromatic heterocycles. The van der Waals surface area contributed by atoms with Crippen molar-refractivity contribution in [3.8, 4) is 0 Å². The Kier molecular flexibility index (Phi) is 4.16. The highest BCUT2D eigenvalue weighted by Crippen LogP contribution is 2.17. The van der Waals surface area contributed by atoms with Crippen molar-refractivity contribution in [3.63, 3.8) is 0 Å². The standard InChI is InChI=1S/C10H16N6O3S/c1-6-10(8(4-11-3)15-14-6)20(17,18)12-5-9-13-7(2)19-16-9/h11-12H,4-5H2,1-3H3,(H,14,15). The largest absolute Gasteiger partial charge is 0.340 e. The van der Waals surface area contributed by atoms with Gasteiger partial charge in [-0.05, 0) is 14.0 Å². The van der Waals surface area contributed by atoms with Crippen molar-refractivity contribution in [2.24, 2.45) is 0 Å². The molecule has 0 spiro atoms. The number of hydrogen-bond acceptors (Lipinski definition) is 7. The minimum atomic E-state index is -3.69. The summed E-state index contributed by atoms with van der Waals surface area (Å²) in [5.74, 6) is 0.664. The van der Waals surface area contributed by atoms with Gasteiger partial charge in [0.15, 0.2) is 5.82 Å². The molecule has 10 heteroatoms. The average molecular weight is 300 g/mol. The van der Waals surface area contributed by atoms with E-state index in [0.29, 0.717) is 23.8 Å². The van der Waals surface area contributed by atoms with Gasteiger partial charge in [0.1, 0.15) is 4.90 Å². The topological polar surface area (TPSA) is 126 Å². The molecular weight excluding hydrogens is 284 g/mol. The summed E-state index contributed by atoms with van der Waals surface area (Å²) in [5, 5.41) is 13.2. The van der Waals surface area contributed by atoms with Gasteiger partial charge in [0.25, 0.3) is 0 Å². The molecule has 0 amide bonds. The fraction of sp³-hybridized carbons (Fsp3) is 0.500. The monoisotopic (exact) mass is 300 g/mol. The third-order valence-corrected chi connectivity index (χ3v) is 4.17. The lowest BCUT2D eigenvalue weighted by Crippen LogP contribution is -2.25. The summed E-state index contributed by atoms with van der Waals surface area (Å²) in [5.41, 5.74) is 0.911. The van der Waals surface area contributed by atoms with Gasteiger partial charge in [0.2, 0.25) is 15.9 Å². The molecule has 0 radical (unpaired) electrons. The van der Waals surface area contributed by atoms with E-state index >= 15 is 0 Å². The van der Waals surface area contributed by atoms with E-state index in [2.05, 4.69) is 30.4 Å². The Balaban J connectivity index is 2.20. The summed E-state index contributed by atoms with van der Waals surface area (Å²) in [6.45, 7) is 3.60. The van der Waals surface area contributed by atoms with E-state index in [9.17, 15) is 8.42 Å². The van der Waals surface area contributed by atoms with Gasteiger partial charge in [0.05, 0.1) is 17.9 Å². The van der Waals surface area contributed by atoms with Crippen molar-refractivity contribution in [3.05, 3.63) is 23.1 Å². The summed E-state index contributed by atoms with van der Waals surface area (Å²) >= 11 is 0. The molecule has 0 fully saturated rings. The quantitative estimate of drug-likeness (QED) is 0.663. The van der Waals surface area contributed by atoms with E-state index < -0.39 is 10.0 Å². The Morgan fingerprint density at radius 1 is 1.30 bits per heavy atom. The van der Waals surface area contributed by atoms with Crippen LogP contribution in [-0.2, 0) is 23.1 Å². The first-order valence-electron chi connectivity index (χ1n) is 5.91. The third kappa shape index (κ3) is 3.03.